The van der Waals surface area contributed by atoms with Crippen LogP contribution in [0.3, 0.4) is 0 Å². The molecule has 4 aliphatic rings. The van der Waals surface area contributed by atoms with Crippen LogP contribution in [0.5, 0.6) is 0 Å². The molecule has 0 unspecified atom stereocenters. The highest BCUT2D eigenvalue weighted by atomic mass is 16.5. The van der Waals surface area contributed by atoms with Crippen LogP contribution in [0, 0.1) is 28.6 Å². The highest BCUT2D eigenvalue weighted by Gasteiger charge is 2.61. The van der Waals surface area contributed by atoms with Crippen molar-refractivity contribution in [3.63, 3.8) is 0 Å². The van der Waals surface area contributed by atoms with Crippen molar-refractivity contribution < 1.29 is 30.0 Å². The molecule has 198 valence electrons. The maximum Gasteiger partial charge on any atom is 0.303 e. The molecule has 4 aliphatic carbocycles. The van der Waals surface area contributed by atoms with E-state index >= 15 is 0 Å². The van der Waals surface area contributed by atoms with Crippen LogP contribution in [0.15, 0.2) is 41.6 Å². The molecule has 0 amide bonds. The van der Waals surface area contributed by atoms with Gasteiger partial charge in [-0.15, -0.1) is 0 Å². The number of nitrogens with zero attached hydrogens (tertiary/aromatic N) is 1. The van der Waals surface area contributed by atoms with Crippen LogP contribution in [0.1, 0.15) is 78.3 Å². The van der Waals surface area contributed by atoms with Gasteiger partial charge >= 0.3 is 11.9 Å². The number of allylic oxidation sites excluding steroid dienone is 1. The molecule has 0 aromatic carbocycles. The minimum absolute atomic E-state index is 0. The van der Waals surface area contributed by atoms with Gasteiger partial charge in [0.15, 0.2) is 0 Å². The molecular weight excluding hydrogens is 458 g/mol. The number of ether oxygens (including phenoxy) is 2. The summed E-state index contributed by atoms with van der Waals surface area (Å²) in [7, 11) is 0. The van der Waals surface area contributed by atoms with Crippen LogP contribution in [-0.4, -0.2) is 40.1 Å². The first-order chi connectivity index (χ1) is 16.2. The molecule has 1 heterocycles. The second kappa shape index (κ2) is 10.5. The summed E-state index contributed by atoms with van der Waals surface area (Å²) in [5.74, 6) is 1.29. The SMILES string of the molecule is CC(=O)O[C@H]1CC[C@@]2(C)C(=CC[C@H]3[C@@H]4C/C(=C\c5ccccn5)[C@H](OC(C)=O)[C@@]4(C)CC[C@@H]32)C1.O.O. The number of carbonyl (C=O) groups is 2. The average molecular weight is 500 g/mol. The summed E-state index contributed by atoms with van der Waals surface area (Å²) in [4.78, 5) is 28.2. The van der Waals surface area contributed by atoms with E-state index in [0.717, 1.165) is 50.6 Å². The largest absolute Gasteiger partial charge is 0.462 e. The fourth-order valence-electron chi connectivity index (χ4n) is 7.97. The Hall–Kier alpha value is -2.51. The lowest BCUT2D eigenvalue weighted by molar-refractivity contribution is -0.154. The number of esters is 2. The number of fused-ring (bicyclic) bond motifs is 5. The molecule has 0 aliphatic heterocycles. The second-order valence-corrected chi connectivity index (χ2v) is 11.4. The van der Waals surface area contributed by atoms with Crippen LogP contribution in [0.2, 0.25) is 0 Å². The molecule has 7 atom stereocenters. The van der Waals surface area contributed by atoms with Gasteiger partial charge in [-0.1, -0.05) is 31.6 Å². The van der Waals surface area contributed by atoms with Crippen molar-refractivity contribution >= 4 is 18.0 Å². The zero-order valence-corrected chi connectivity index (χ0v) is 21.9. The van der Waals surface area contributed by atoms with Crippen molar-refractivity contribution in [1.29, 1.82) is 0 Å². The molecule has 1 aromatic heterocycles. The highest BCUT2D eigenvalue weighted by Crippen LogP contribution is 2.66. The fourth-order valence-corrected chi connectivity index (χ4v) is 7.97. The molecule has 0 bridgehead atoms. The Morgan fingerprint density at radius 3 is 2.42 bits per heavy atom. The summed E-state index contributed by atoms with van der Waals surface area (Å²) < 4.78 is 11.6. The first kappa shape index (κ1) is 28.1. The molecule has 7 nitrogen and oxygen atoms in total. The summed E-state index contributed by atoms with van der Waals surface area (Å²) in [5.41, 5.74) is 3.75. The standard InChI is InChI=1S/C29H37NO4.2H2O/c1-18(31)33-23-10-12-28(3)21(17-23)8-9-24-25(28)11-13-29(4)26(24)16-20(27(29)34-19(2)32)15-22-7-5-6-14-30-22;;/h5-8,14-15,23-27H,9-13,16-17H2,1-4H3;2*1H2/b20-15+;;/t23-,24+,25-,26-,27-,28-,29-;;/m0../s1. The van der Waals surface area contributed by atoms with Gasteiger partial charge in [0, 0.05) is 31.9 Å². The van der Waals surface area contributed by atoms with E-state index in [9.17, 15) is 9.59 Å². The van der Waals surface area contributed by atoms with Crippen molar-refractivity contribution in [1.82, 2.24) is 4.98 Å². The molecule has 36 heavy (non-hydrogen) atoms. The number of rotatable bonds is 3. The Morgan fingerprint density at radius 1 is 1.00 bits per heavy atom. The summed E-state index contributed by atoms with van der Waals surface area (Å²) in [6.07, 6.45) is 13.4. The Bertz CT molecular complexity index is 1040. The summed E-state index contributed by atoms with van der Waals surface area (Å²) in [5, 5.41) is 0. The van der Waals surface area contributed by atoms with Crippen LogP contribution in [-0.2, 0) is 19.1 Å². The smallest absolute Gasteiger partial charge is 0.303 e. The molecule has 3 fully saturated rings. The molecular formula is C29H41NO6. The first-order valence-electron chi connectivity index (χ1n) is 12.9. The Balaban J connectivity index is 0.00000180. The number of hydrogen-bond acceptors (Lipinski definition) is 5. The van der Waals surface area contributed by atoms with Crippen molar-refractivity contribution in [2.75, 3.05) is 0 Å². The fraction of sp³-hybridized carbons (Fsp3) is 0.621. The van der Waals surface area contributed by atoms with Gasteiger partial charge in [-0.3, -0.25) is 14.6 Å². The van der Waals surface area contributed by atoms with Gasteiger partial charge in [0.2, 0.25) is 0 Å². The zero-order chi connectivity index (χ0) is 24.1. The van der Waals surface area contributed by atoms with Crippen molar-refractivity contribution in [3.8, 4) is 0 Å². The number of pyridine rings is 1. The highest BCUT2D eigenvalue weighted by molar-refractivity contribution is 5.67. The van der Waals surface area contributed by atoms with Gasteiger partial charge in [0.05, 0.1) is 5.69 Å². The van der Waals surface area contributed by atoms with E-state index in [2.05, 4.69) is 31.0 Å². The van der Waals surface area contributed by atoms with E-state index in [0.29, 0.717) is 17.8 Å². The first-order valence-corrected chi connectivity index (χ1v) is 12.9. The predicted octanol–water partition coefficient (Wildman–Crippen LogP) is 4.25. The number of carbonyl (C=O) groups excluding carboxylic acids is 2. The second-order valence-electron chi connectivity index (χ2n) is 11.4. The Labute approximate surface area is 214 Å². The molecule has 7 heteroatoms. The molecule has 5 rings (SSSR count). The van der Waals surface area contributed by atoms with Crippen LogP contribution in [0.4, 0.5) is 0 Å². The van der Waals surface area contributed by atoms with Crippen LogP contribution in [0.25, 0.3) is 6.08 Å². The lowest BCUT2D eigenvalue weighted by Crippen LogP contribution is -2.51. The third-order valence-electron chi connectivity index (χ3n) is 9.53. The summed E-state index contributed by atoms with van der Waals surface area (Å²) in [6, 6.07) is 5.94. The van der Waals surface area contributed by atoms with Gasteiger partial charge in [0.1, 0.15) is 12.2 Å². The monoisotopic (exact) mass is 499 g/mol. The van der Waals surface area contributed by atoms with E-state index in [1.54, 1.807) is 0 Å². The van der Waals surface area contributed by atoms with E-state index in [1.807, 2.05) is 24.4 Å². The molecule has 4 N–H and O–H groups in total. The topological polar surface area (TPSA) is 128 Å². The molecule has 0 spiro atoms. The van der Waals surface area contributed by atoms with Gasteiger partial charge in [0.25, 0.3) is 0 Å². The van der Waals surface area contributed by atoms with Crippen molar-refractivity contribution in [2.24, 2.45) is 28.6 Å². The quantitative estimate of drug-likeness (QED) is 0.453. The Kier molecular flexibility index (Phi) is 8.16. The third kappa shape index (κ3) is 4.75. The molecule has 0 saturated heterocycles. The zero-order valence-electron chi connectivity index (χ0n) is 21.9. The minimum atomic E-state index is -0.206. The van der Waals surface area contributed by atoms with E-state index in [4.69, 9.17) is 9.47 Å². The van der Waals surface area contributed by atoms with E-state index in [-0.39, 0.29) is 45.9 Å². The average Bonchev–Trinajstić information content (AvgIpc) is 3.05. The number of aromatic nitrogens is 1. The maximum atomic E-state index is 12.1. The number of hydrogen-bond donors (Lipinski definition) is 0. The van der Waals surface area contributed by atoms with Crippen molar-refractivity contribution in [2.45, 2.75) is 84.8 Å². The molecule has 0 radical (unpaired) electrons. The Morgan fingerprint density at radius 2 is 1.75 bits per heavy atom. The molecule has 3 saturated carbocycles. The molecule has 1 aromatic rings. The normalized spacial score (nSPS) is 37.7. The minimum Gasteiger partial charge on any atom is -0.462 e. The predicted molar refractivity (Wildman–Crippen MR) is 138 cm³/mol. The van der Waals surface area contributed by atoms with Gasteiger partial charge in [-0.25, -0.2) is 0 Å². The van der Waals surface area contributed by atoms with Gasteiger partial charge in [-0.05, 0) is 85.5 Å². The lowest BCUT2D eigenvalue weighted by Gasteiger charge is -2.57. The van der Waals surface area contributed by atoms with Crippen LogP contribution < -0.4 is 0 Å². The van der Waals surface area contributed by atoms with E-state index < -0.39 is 0 Å². The maximum absolute atomic E-state index is 12.1. The summed E-state index contributed by atoms with van der Waals surface area (Å²) >= 11 is 0. The lowest BCUT2D eigenvalue weighted by atomic mass is 9.48. The van der Waals surface area contributed by atoms with E-state index in [1.165, 1.54) is 25.0 Å². The van der Waals surface area contributed by atoms with Crippen molar-refractivity contribution in [3.05, 3.63) is 47.3 Å². The van der Waals surface area contributed by atoms with Crippen LogP contribution >= 0.6 is 0 Å². The summed E-state index contributed by atoms with van der Waals surface area (Å²) in [6.45, 7) is 7.83. The van der Waals surface area contributed by atoms with Gasteiger partial charge in [-0.2, -0.15) is 0 Å². The third-order valence-corrected chi connectivity index (χ3v) is 9.53. The van der Waals surface area contributed by atoms with Gasteiger partial charge < -0.3 is 20.4 Å².